The predicted octanol–water partition coefficient (Wildman–Crippen LogP) is 4.12. The number of nitrogens with one attached hydrogen (secondary N) is 1. The molecule has 2 rings (SSSR count). The molecule has 0 saturated heterocycles. The van der Waals surface area contributed by atoms with Gasteiger partial charge in [0.15, 0.2) is 0 Å². The van der Waals surface area contributed by atoms with E-state index in [2.05, 4.69) is 21.2 Å². The fourth-order valence-electron chi connectivity index (χ4n) is 1.94. The van der Waals surface area contributed by atoms with Gasteiger partial charge in [-0.05, 0) is 29.8 Å². The number of anilines is 1. The van der Waals surface area contributed by atoms with Crippen molar-refractivity contribution >= 4 is 27.6 Å². The van der Waals surface area contributed by atoms with Gasteiger partial charge in [-0.2, -0.15) is 0 Å². The van der Waals surface area contributed by atoms with Crippen LogP contribution in [0.4, 0.5) is 10.5 Å². The summed E-state index contributed by atoms with van der Waals surface area (Å²) in [5.41, 5.74) is 1.72. The van der Waals surface area contributed by atoms with Crippen LogP contribution >= 0.6 is 15.9 Å². The number of amides is 2. The lowest BCUT2D eigenvalue weighted by Crippen LogP contribution is -2.30. The highest BCUT2D eigenvalue weighted by Gasteiger charge is 2.11. The van der Waals surface area contributed by atoms with E-state index in [0.717, 1.165) is 10.0 Å². The SMILES string of the molecule is COc1ccccc1NC(=O)N(C)Cc1cccc(Br)c1. The number of para-hydroxylation sites is 2. The van der Waals surface area contributed by atoms with Gasteiger partial charge in [-0.25, -0.2) is 4.79 Å². The maximum atomic E-state index is 12.2. The van der Waals surface area contributed by atoms with Gasteiger partial charge in [-0.1, -0.05) is 40.2 Å². The van der Waals surface area contributed by atoms with Gasteiger partial charge in [0.25, 0.3) is 0 Å². The third-order valence-corrected chi connectivity index (χ3v) is 3.50. The molecule has 0 spiro atoms. The van der Waals surface area contributed by atoms with E-state index in [1.54, 1.807) is 19.1 Å². The number of rotatable bonds is 4. The first-order valence-corrected chi connectivity index (χ1v) is 7.29. The largest absolute Gasteiger partial charge is 0.495 e. The summed E-state index contributed by atoms with van der Waals surface area (Å²) < 4.78 is 6.22. The predicted molar refractivity (Wildman–Crippen MR) is 87.6 cm³/mol. The quantitative estimate of drug-likeness (QED) is 0.902. The van der Waals surface area contributed by atoms with Gasteiger partial charge in [0, 0.05) is 18.1 Å². The lowest BCUT2D eigenvalue weighted by atomic mass is 10.2. The van der Waals surface area contributed by atoms with E-state index in [9.17, 15) is 4.79 Å². The molecule has 0 radical (unpaired) electrons. The summed E-state index contributed by atoms with van der Waals surface area (Å²) in [5.74, 6) is 0.640. The molecule has 2 amide bonds. The summed E-state index contributed by atoms with van der Waals surface area (Å²) in [7, 11) is 3.34. The van der Waals surface area contributed by atoms with Gasteiger partial charge in [0.05, 0.1) is 12.8 Å². The number of hydrogen-bond donors (Lipinski definition) is 1. The first kappa shape index (κ1) is 15.4. The molecule has 110 valence electrons. The Hall–Kier alpha value is -2.01. The number of ether oxygens (including phenoxy) is 1. The van der Waals surface area contributed by atoms with Gasteiger partial charge in [-0.3, -0.25) is 0 Å². The van der Waals surface area contributed by atoms with Crippen LogP contribution in [-0.2, 0) is 6.54 Å². The Bertz CT molecular complexity index is 631. The van der Waals surface area contributed by atoms with Crippen molar-refractivity contribution in [2.45, 2.75) is 6.54 Å². The Morgan fingerprint density at radius 3 is 2.71 bits per heavy atom. The van der Waals surface area contributed by atoms with Crippen molar-refractivity contribution in [1.82, 2.24) is 4.90 Å². The summed E-state index contributed by atoms with van der Waals surface area (Å²) in [6, 6.07) is 15.0. The average Bonchev–Trinajstić information content (AvgIpc) is 2.47. The molecule has 0 fully saturated rings. The molecular formula is C16H17BrN2O2. The molecular weight excluding hydrogens is 332 g/mol. The number of urea groups is 1. The molecule has 5 heteroatoms. The van der Waals surface area contributed by atoms with E-state index in [4.69, 9.17) is 4.74 Å². The molecule has 4 nitrogen and oxygen atoms in total. The summed E-state index contributed by atoms with van der Waals surface area (Å²) in [6.45, 7) is 0.528. The van der Waals surface area contributed by atoms with Crippen LogP contribution in [0, 0.1) is 0 Å². The number of nitrogens with zero attached hydrogens (tertiary/aromatic N) is 1. The fraction of sp³-hybridized carbons (Fsp3) is 0.188. The van der Waals surface area contributed by atoms with E-state index in [-0.39, 0.29) is 6.03 Å². The van der Waals surface area contributed by atoms with Crippen molar-refractivity contribution < 1.29 is 9.53 Å². The van der Waals surface area contributed by atoms with Gasteiger partial charge in [-0.15, -0.1) is 0 Å². The first-order chi connectivity index (χ1) is 10.1. The van der Waals surface area contributed by atoms with Crippen LogP contribution in [0.3, 0.4) is 0 Å². The maximum absolute atomic E-state index is 12.2. The fourth-order valence-corrected chi connectivity index (χ4v) is 2.39. The van der Waals surface area contributed by atoms with E-state index in [1.165, 1.54) is 0 Å². The van der Waals surface area contributed by atoms with Crippen molar-refractivity contribution in [3.05, 3.63) is 58.6 Å². The molecule has 0 saturated carbocycles. The molecule has 21 heavy (non-hydrogen) atoms. The minimum atomic E-state index is -0.181. The molecule has 0 aliphatic heterocycles. The van der Waals surface area contributed by atoms with Crippen molar-refractivity contribution in [2.24, 2.45) is 0 Å². The van der Waals surface area contributed by atoms with Crippen LogP contribution in [0.2, 0.25) is 0 Å². The van der Waals surface area contributed by atoms with Gasteiger partial charge >= 0.3 is 6.03 Å². The molecule has 0 unspecified atom stereocenters. The summed E-state index contributed by atoms with van der Waals surface area (Å²) in [4.78, 5) is 13.8. The number of benzene rings is 2. The van der Waals surface area contributed by atoms with Crippen LogP contribution < -0.4 is 10.1 Å². The molecule has 0 bridgehead atoms. The Balaban J connectivity index is 2.02. The van der Waals surface area contributed by atoms with Crippen LogP contribution in [0.5, 0.6) is 5.75 Å². The molecule has 0 aliphatic carbocycles. The van der Waals surface area contributed by atoms with E-state index >= 15 is 0 Å². The zero-order valence-electron chi connectivity index (χ0n) is 12.0. The van der Waals surface area contributed by atoms with Gasteiger partial charge in [0.1, 0.15) is 5.75 Å². The molecule has 2 aromatic carbocycles. The highest BCUT2D eigenvalue weighted by molar-refractivity contribution is 9.10. The average molecular weight is 349 g/mol. The minimum absolute atomic E-state index is 0.181. The van der Waals surface area contributed by atoms with Crippen molar-refractivity contribution in [1.29, 1.82) is 0 Å². The van der Waals surface area contributed by atoms with Crippen molar-refractivity contribution in [3.63, 3.8) is 0 Å². The lowest BCUT2D eigenvalue weighted by molar-refractivity contribution is 0.220. The standard InChI is InChI=1S/C16H17BrN2O2/c1-19(11-12-6-5-7-13(17)10-12)16(20)18-14-8-3-4-9-15(14)21-2/h3-10H,11H2,1-2H3,(H,18,20). The smallest absolute Gasteiger partial charge is 0.321 e. The monoisotopic (exact) mass is 348 g/mol. The van der Waals surface area contributed by atoms with Gasteiger partial charge in [0.2, 0.25) is 0 Å². The third-order valence-electron chi connectivity index (χ3n) is 3.00. The first-order valence-electron chi connectivity index (χ1n) is 6.49. The van der Waals surface area contributed by atoms with Crippen molar-refractivity contribution in [3.8, 4) is 5.75 Å². The Kier molecular flexibility index (Phi) is 5.22. The van der Waals surface area contributed by atoms with Crippen LogP contribution in [0.25, 0.3) is 0 Å². The van der Waals surface area contributed by atoms with E-state index < -0.39 is 0 Å². The van der Waals surface area contributed by atoms with E-state index in [1.807, 2.05) is 48.5 Å². The van der Waals surface area contributed by atoms with Crippen molar-refractivity contribution in [2.75, 3.05) is 19.5 Å². The zero-order valence-corrected chi connectivity index (χ0v) is 13.6. The summed E-state index contributed by atoms with van der Waals surface area (Å²) in [5, 5.41) is 2.85. The topological polar surface area (TPSA) is 41.6 Å². The normalized spacial score (nSPS) is 10.0. The second-order valence-electron chi connectivity index (χ2n) is 4.62. The Labute approximate surface area is 132 Å². The summed E-state index contributed by atoms with van der Waals surface area (Å²) >= 11 is 3.43. The van der Waals surface area contributed by atoms with E-state index in [0.29, 0.717) is 18.0 Å². The number of methoxy groups -OCH3 is 1. The second kappa shape index (κ2) is 7.13. The second-order valence-corrected chi connectivity index (χ2v) is 5.53. The minimum Gasteiger partial charge on any atom is -0.495 e. The highest BCUT2D eigenvalue weighted by atomic mass is 79.9. The number of carbonyl (C=O) groups excluding carboxylic acids is 1. The number of hydrogen-bond acceptors (Lipinski definition) is 2. The molecule has 0 heterocycles. The lowest BCUT2D eigenvalue weighted by Gasteiger charge is -2.19. The molecule has 0 aliphatic rings. The number of carbonyl (C=O) groups is 1. The molecule has 2 aromatic rings. The Morgan fingerprint density at radius 1 is 1.24 bits per heavy atom. The highest BCUT2D eigenvalue weighted by Crippen LogP contribution is 2.23. The Morgan fingerprint density at radius 2 is 2.00 bits per heavy atom. The number of halogens is 1. The van der Waals surface area contributed by atoms with Gasteiger partial charge < -0.3 is 15.0 Å². The molecule has 0 aromatic heterocycles. The molecule has 0 atom stereocenters. The zero-order chi connectivity index (χ0) is 15.2. The summed E-state index contributed by atoms with van der Waals surface area (Å²) in [6.07, 6.45) is 0. The van der Waals surface area contributed by atoms with Crippen LogP contribution in [-0.4, -0.2) is 25.1 Å². The maximum Gasteiger partial charge on any atom is 0.321 e. The third kappa shape index (κ3) is 4.23. The van der Waals surface area contributed by atoms with Crippen LogP contribution in [0.15, 0.2) is 53.0 Å². The molecule has 1 N–H and O–H groups in total. The van der Waals surface area contributed by atoms with Crippen LogP contribution in [0.1, 0.15) is 5.56 Å².